The third-order valence-corrected chi connectivity index (χ3v) is 7.63. The van der Waals surface area contributed by atoms with Crippen LogP contribution >= 0.6 is 0 Å². The largest absolute Gasteiger partial charge is 0.445 e. The summed E-state index contributed by atoms with van der Waals surface area (Å²) in [4.78, 5) is 70.0. The summed E-state index contributed by atoms with van der Waals surface area (Å²) in [6, 6.07) is 8.50. The molecule has 0 N–H and O–H groups in total. The molecule has 0 saturated heterocycles. The number of hydrogen-bond donors (Lipinski definition) is 0. The van der Waals surface area contributed by atoms with Gasteiger partial charge < -0.3 is 24.3 Å². The summed E-state index contributed by atoms with van der Waals surface area (Å²) in [5, 5.41) is 0. The van der Waals surface area contributed by atoms with Gasteiger partial charge in [0.25, 0.3) is 0 Å². The van der Waals surface area contributed by atoms with E-state index in [1.807, 2.05) is 51.1 Å². The molecular formula is C32H50N4O6. The zero-order valence-corrected chi connectivity index (χ0v) is 26.6. The summed E-state index contributed by atoms with van der Waals surface area (Å²) in [6.07, 6.45) is 5.61. The minimum absolute atomic E-state index is 0.00953. The fourth-order valence-corrected chi connectivity index (χ4v) is 5.20. The van der Waals surface area contributed by atoms with Crippen LogP contribution < -0.4 is 0 Å². The standard InChI is InChI=1S/C32H50N4O6/c1-32(2,3)19-26(37)20-34(5)30(40)27(18-24-14-10-8-11-15-24)36(7)29(39)22-33(4)28(38)21-35(6)31(41)42-23-25-16-12-9-13-17-25/h9,12-13,16-17,24,27H,8,10-11,14-15,18-23H2,1-7H3/t27-/m0/s1. The van der Waals surface area contributed by atoms with Crippen molar-refractivity contribution < 1.29 is 28.7 Å². The van der Waals surface area contributed by atoms with Crippen LogP contribution in [0.3, 0.4) is 0 Å². The van der Waals surface area contributed by atoms with E-state index in [-0.39, 0.29) is 49.3 Å². The van der Waals surface area contributed by atoms with Crippen molar-refractivity contribution in [3.63, 3.8) is 0 Å². The van der Waals surface area contributed by atoms with E-state index in [1.54, 1.807) is 14.1 Å². The molecule has 0 unspecified atom stereocenters. The Balaban J connectivity index is 2.00. The molecule has 2 rings (SSSR count). The summed E-state index contributed by atoms with van der Waals surface area (Å²) in [5.41, 5.74) is 0.650. The first-order chi connectivity index (χ1) is 19.7. The molecule has 1 saturated carbocycles. The van der Waals surface area contributed by atoms with Crippen LogP contribution in [0.15, 0.2) is 30.3 Å². The van der Waals surface area contributed by atoms with Crippen molar-refractivity contribution in [2.24, 2.45) is 11.3 Å². The first-order valence-electron chi connectivity index (χ1n) is 14.9. The molecule has 1 atom stereocenters. The predicted octanol–water partition coefficient (Wildman–Crippen LogP) is 3.97. The summed E-state index contributed by atoms with van der Waals surface area (Å²) >= 11 is 0. The van der Waals surface area contributed by atoms with Gasteiger partial charge in [0.05, 0.1) is 13.1 Å². The molecule has 0 radical (unpaired) electrons. The quantitative estimate of drug-likeness (QED) is 0.346. The SMILES string of the molecule is CN(CC(=O)N(C)[C@@H](CC1CCCCC1)C(=O)N(C)CC(=O)CC(C)(C)C)C(=O)CN(C)C(=O)OCc1ccccc1. The second-order valence-corrected chi connectivity index (χ2v) is 12.9. The van der Waals surface area contributed by atoms with E-state index in [4.69, 9.17) is 4.74 Å². The molecular weight excluding hydrogens is 536 g/mol. The van der Waals surface area contributed by atoms with Crippen LogP contribution in [-0.2, 0) is 30.5 Å². The van der Waals surface area contributed by atoms with Gasteiger partial charge in [0.15, 0.2) is 5.78 Å². The molecule has 10 nitrogen and oxygen atoms in total. The molecule has 1 aromatic carbocycles. The van der Waals surface area contributed by atoms with Crippen molar-refractivity contribution in [1.29, 1.82) is 0 Å². The highest BCUT2D eigenvalue weighted by Crippen LogP contribution is 2.29. The Bertz CT molecular complexity index is 1060. The predicted molar refractivity (Wildman–Crippen MR) is 161 cm³/mol. The normalized spacial score (nSPS) is 14.5. The summed E-state index contributed by atoms with van der Waals surface area (Å²) < 4.78 is 5.27. The van der Waals surface area contributed by atoms with Crippen LogP contribution in [0.2, 0.25) is 0 Å². The van der Waals surface area contributed by atoms with Gasteiger partial charge in [0.1, 0.15) is 19.2 Å². The van der Waals surface area contributed by atoms with Crippen LogP contribution in [0, 0.1) is 11.3 Å². The van der Waals surface area contributed by atoms with E-state index < -0.39 is 18.0 Å². The molecule has 1 aliphatic rings. The maximum Gasteiger partial charge on any atom is 0.410 e. The molecule has 0 bridgehead atoms. The van der Waals surface area contributed by atoms with Crippen molar-refractivity contribution in [3.8, 4) is 0 Å². The highest BCUT2D eigenvalue weighted by atomic mass is 16.6. The van der Waals surface area contributed by atoms with Crippen LogP contribution in [-0.4, -0.2) is 103 Å². The number of carbonyl (C=O) groups excluding carboxylic acids is 5. The minimum Gasteiger partial charge on any atom is -0.445 e. The fraction of sp³-hybridized carbons (Fsp3) is 0.656. The van der Waals surface area contributed by atoms with Crippen LogP contribution in [0.4, 0.5) is 4.79 Å². The lowest BCUT2D eigenvalue weighted by Gasteiger charge is -2.35. The molecule has 42 heavy (non-hydrogen) atoms. The molecule has 10 heteroatoms. The Morgan fingerprint density at radius 2 is 1.40 bits per heavy atom. The zero-order chi connectivity index (χ0) is 31.4. The van der Waals surface area contributed by atoms with Crippen molar-refractivity contribution in [2.45, 2.75) is 78.4 Å². The number of nitrogens with zero attached hydrogens (tertiary/aromatic N) is 4. The number of ketones is 1. The van der Waals surface area contributed by atoms with Crippen molar-refractivity contribution >= 4 is 29.6 Å². The number of benzene rings is 1. The maximum atomic E-state index is 13.6. The Labute approximate surface area is 251 Å². The number of ether oxygens (including phenoxy) is 1. The van der Waals surface area contributed by atoms with E-state index >= 15 is 0 Å². The van der Waals surface area contributed by atoms with Gasteiger partial charge in [-0.25, -0.2) is 4.79 Å². The van der Waals surface area contributed by atoms with Gasteiger partial charge in [0.2, 0.25) is 17.7 Å². The third kappa shape index (κ3) is 11.8. The topological polar surface area (TPSA) is 108 Å². The monoisotopic (exact) mass is 586 g/mol. The summed E-state index contributed by atoms with van der Waals surface area (Å²) in [6.45, 7) is 5.51. The van der Waals surface area contributed by atoms with Crippen molar-refractivity contribution in [3.05, 3.63) is 35.9 Å². The molecule has 0 heterocycles. The lowest BCUT2D eigenvalue weighted by Crippen LogP contribution is -2.53. The smallest absolute Gasteiger partial charge is 0.410 e. The summed E-state index contributed by atoms with van der Waals surface area (Å²) in [5.74, 6) is -0.801. The second kappa shape index (κ2) is 16.3. The van der Waals surface area contributed by atoms with Crippen LogP contribution in [0.25, 0.3) is 0 Å². The average molecular weight is 587 g/mol. The lowest BCUT2D eigenvalue weighted by atomic mass is 9.84. The van der Waals surface area contributed by atoms with Gasteiger partial charge in [-0.15, -0.1) is 0 Å². The van der Waals surface area contributed by atoms with Gasteiger partial charge in [0, 0.05) is 34.6 Å². The summed E-state index contributed by atoms with van der Waals surface area (Å²) in [7, 11) is 6.15. The molecule has 234 valence electrons. The molecule has 0 aromatic heterocycles. The Morgan fingerprint density at radius 3 is 2.00 bits per heavy atom. The number of amides is 4. The van der Waals surface area contributed by atoms with E-state index in [2.05, 4.69) is 0 Å². The molecule has 1 aromatic rings. The molecule has 0 aliphatic heterocycles. The van der Waals surface area contributed by atoms with E-state index in [1.165, 1.54) is 35.2 Å². The molecule has 1 fully saturated rings. The highest BCUT2D eigenvalue weighted by Gasteiger charge is 2.34. The minimum atomic E-state index is -0.729. The van der Waals surface area contributed by atoms with Crippen LogP contribution in [0.1, 0.15) is 71.3 Å². The Kier molecular flexibility index (Phi) is 13.5. The Hall–Kier alpha value is -3.43. The molecule has 1 aliphatic carbocycles. The highest BCUT2D eigenvalue weighted by molar-refractivity contribution is 5.92. The number of likely N-dealkylation sites (N-methyl/N-ethyl adjacent to an activating group) is 4. The van der Waals surface area contributed by atoms with Gasteiger partial charge in [-0.2, -0.15) is 0 Å². The first-order valence-corrected chi connectivity index (χ1v) is 14.9. The Morgan fingerprint density at radius 1 is 0.810 bits per heavy atom. The number of Topliss-reactive ketones (excluding diaryl/α,β-unsaturated/α-hetero) is 1. The third-order valence-electron chi connectivity index (χ3n) is 7.63. The van der Waals surface area contributed by atoms with Crippen molar-refractivity contribution in [1.82, 2.24) is 19.6 Å². The zero-order valence-electron chi connectivity index (χ0n) is 26.6. The maximum absolute atomic E-state index is 13.6. The van der Waals surface area contributed by atoms with Gasteiger partial charge in [-0.3, -0.25) is 19.2 Å². The van der Waals surface area contributed by atoms with E-state index in [0.29, 0.717) is 18.8 Å². The number of hydrogen-bond acceptors (Lipinski definition) is 6. The number of carbonyl (C=O) groups is 5. The number of rotatable bonds is 13. The lowest BCUT2D eigenvalue weighted by molar-refractivity contribution is -0.147. The fourth-order valence-electron chi connectivity index (χ4n) is 5.20. The van der Waals surface area contributed by atoms with Gasteiger partial charge in [-0.1, -0.05) is 83.2 Å². The second-order valence-electron chi connectivity index (χ2n) is 12.9. The van der Waals surface area contributed by atoms with Gasteiger partial charge in [-0.05, 0) is 23.3 Å². The van der Waals surface area contributed by atoms with Crippen LogP contribution in [0.5, 0.6) is 0 Å². The van der Waals surface area contributed by atoms with Crippen molar-refractivity contribution in [2.75, 3.05) is 47.8 Å². The van der Waals surface area contributed by atoms with Gasteiger partial charge >= 0.3 is 6.09 Å². The first kappa shape index (κ1) is 34.8. The average Bonchev–Trinajstić information content (AvgIpc) is 2.93. The van der Waals surface area contributed by atoms with E-state index in [0.717, 1.165) is 36.1 Å². The molecule has 4 amide bonds. The molecule has 0 spiro atoms. The van der Waals surface area contributed by atoms with E-state index in [9.17, 15) is 24.0 Å².